The van der Waals surface area contributed by atoms with Crippen molar-refractivity contribution < 1.29 is 0 Å². The number of benzene rings is 1. The first-order chi connectivity index (χ1) is 12.2. The van der Waals surface area contributed by atoms with Crippen LogP contribution in [0.5, 0.6) is 0 Å². The third kappa shape index (κ3) is 1.45. The highest BCUT2D eigenvalue weighted by molar-refractivity contribution is 5.78. The van der Waals surface area contributed by atoms with E-state index in [0.29, 0.717) is 4.59 Å². The van der Waals surface area contributed by atoms with Gasteiger partial charge in [-0.15, -0.1) is 4.68 Å². The topological polar surface area (TPSA) is 25.2 Å². The Morgan fingerprint density at radius 2 is 1.84 bits per heavy atom. The molecule has 25 heavy (non-hydrogen) atoms. The minimum absolute atomic E-state index is 0.187. The molecule has 4 bridgehead atoms. The van der Waals surface area contributed by atoms with Crippen LogP contribution in [0.3, 0.4) is 0 Å². The molecular weight excluding hydrogens is 310 g/mol. The van der Waals surface area contributed by atoms with Crippen molar-refractivity contribution in [3.63, 3.8) is 0 Å². The van der Waals surface area contributed by atoms with Gasteiger partial charge < -0.3 is 0 Å². The predicted molar refractivity (Wildman–Crippen MR) is 98.6 cm³/mol. The summed E-state index contributed by atoms with van der Waals surface area (Å²) in [5, 5.41) is 4.65. The summed E-state index contributed by atoms with van der Waals surface area (Å²) < 4.78 is 2.82. The molecule has 1 saturated heterocycles. The SMILES string of the molecule is CN1CC[N+]2(CC1)C1=c3ccccc3=c3c1c1c(c(=O)n32)=CC=CC1. The van der Waals surface area contributed by atoms with Gasteiger partial charge >= 0.3 is 5.56 Å². The second kappa shape index (κ2) is 4.40. The van der Waals surface area contributed by atoms with E-state index in [0.717, 1.165) is 37.8 Å². The number of quaternary nitrogens is 1. The lowest BCUT2D eigenvalue weighted by Crippen LogP contribution is -2.68. The first-order valence-corrected chi connectivity index (χ1v) is 9.08. The Hall–Kier alpha value is -2.43. The first kappa shape index (κ1) is 13.8. The maximum atomic E-state index is 13.5. The van der Waals surface area contributed by atoms with Crippen LogP contribution in [0.2, 0.25) is 0 Å². The fourth-order valence-corrected chi connectivity index (χ4v) is 5.21. The zero-order valence-electron chi connectivity index (χ0n) is 14.3. The molecule has 6 rings (SSSR count). The highest BCUT2D eigenvalue weighted by atomic mass is 16.1. The number of piperazine rings is 1. The third-order valence-electron chi connectivity index (χ3n) is 6.40. The molecule has 0 N–H and O–H groups in total. The van der Waals surface area contributed by atoms with Gasteiger partial charge in [0, 0.05) is 15.7 Å². The Kier molecular flexibility index (Phi) is 2.43. The first-order valence-electron chi connectivity index (χ1n) is 9.08. The molecule has 2 aliphatic heterocycles. The maximum Gasteiger partial charge on any atom is 0.304 e. The summed E-state index contributed by atoms with van der Waals surface area (Å²) in [4.78, 5) is 15.9. The standard InChI is InChI=1S/C21H20N3O/c1-22-10-12-24(13-11-22)20-16-8-4-3-7-15(16)19-18(20)14-6-2-5-9-17(14)21(25)23(19)24/h2-5,7-9H,6,10-13H2,1H3/q+1. The zero-order valence-corrected chi connectivity index (χ0v) is 14.3. The van der Waals surface area contributed by atoms with Crippen LogP contribution in [0.15, 0.2) is 41.2 Å². The quantitative estimate of drug-likeness (QED) is 0.630. The van der Waals surface area contributed by atoms with Crippen molar-refractivity contribution in [2.45, 2.75) is 6.42 Å². The fourth-order valence-electron chi connectivity index (χ4n) is 5.21. The molecule has 1 aromatic heterocycles. The summed E-state index contributed by atoms with van der Waals surface area (Å²) in [7, 11) is 2.17. The minimum Gasteiger partial charge on any atom is -0.295 e. The molecular formula is C21H20N3O+. The molecule has 4 heteroatoms. The van der Waals surface area contributed by atoms with Gasteiger partial charge in [-0.1, -0.05) is 30.4 Å². The van der Waals surface area contributed by atoms with Crippen molar-refractivity contribution in [2.75, 3.05) is 33.2 Å². The van der Waals surface area contributed by atoms with Crippen molar-refractivity contribution >= 4 is 11.8 Å². The molecule has 3 heterocycles. The van der Waals surface area contributed by atoms with E-state index in [-0.39, 0.29) is 5.56 Å². The lowest BCUT2D eigenvalue weighted by Gasteiger charge is -2.41. The van der Waals surface area contributed by atoms with Crippen LogP contribution in [0.1, 0.15) is 11.1 Å². The molecule has 0 unspecified atom stereocenters. The summed E-state index contributed by atoms with van der Waals surface area (Å²) >= 11 is 0. The monoisotopic (exact) mass is 330 g/mol. The van der Waals surface area contributed by atoms with Crippen LogP contribution in [0.25, 0.3) is 11.8 Å². The van der Waals surface area contributed by atoms with E-state index in [1.54, 1.807) is 0 Å². The smallest absolute Gasteiger partial charge is 0.295 e. The summed E-state index contributed by atoms with van der Waals surface area (Å²) in [6.07, 6.45) is 7.08. The second-order valence-corrected chi connectivity index (χ2v) is 7.60. The number of nitrogens with zero attached hydrogens (tertiary/aromatic N) is 3. The second-order valence-electron chi connectivity index (χ2n) is 7.60. The Bertz CT molecular complexity index is 1260. The molecule has 1 spiro atoms. The van der Waals surface area contributed by atoms with Gasteiger partial charge in [-0.3, -0.25) is 9.69 Å². The number of hydrogen-bond acceptors (Lipinski definition) is 2. The number of aromatic nitrogens is 1. The van der Waals surface area contributed by atoms with Crippen molar-refractivity contribution in [2.24, 2.45) is 0 Å². The molecule has 124 valence electrons. The van der Waals surface area contributed by atoms with E-state index in [1.165, 1.54) is 32.6 Å². The van der Waals surface area contributed by atoms with Crippen molar-refractivity contribution in [3.8, 4) is 0 Å². The van der Waals surface area contributed by atoms with Crippen LogP contribution in [0, 0.1) is 10.6 Å². The van der Waals surface area contributed by atoms with E-state index >= 15 is 0 Å². The number of likely N-dealkylation sites (N-methyl/N-ethyl adjacent to an activating group) is 1. The van der Waals surface area contributed by atoms with Gasteiger partial charge in [0.05, 0.1) is 18.7 Å². The van der Waals surface area contributed by atoms with E-state index < -0.39 is 0 Å². The molecule has 1 fully saturated rings. The summed E-state index contributed by atoms with van der Waals surface area (Å²) in [6, 6.07) is 8.64. The van der Waals surface area contributed by atoms with Crippen LogP contribution in [-0.4, -0.2) is 42.8 Å². The van der Waals surface area contributed by atoms with Gasteiger partial charge in [-0.2, -0.15) is 4.59 Å². The molecule has 1 aromatic carbocycles. The molecule has 2 aliphatic carbocycles. The lowest BCUT2D eigenvalue weighted by atomic mass is 9.99. The van der Waals surface area contributed by atoms with Gasteiger partial charge in [-0.05, 0) is 31.2 Å². The van der Waals surface area contributed by atoms with Crippen molar-refractivity contribution in [3.05, 3.63) is 78.9 Å². The molecule has 0 atom stereocenters. The Balaban J connectivity index is 1.87. The molecule has 0 radical (unpaired) electrons. The molecule has 2 aromatic rings. The minimum atomic E-state index is 0.187. The Morgan fingerprint density at radius 1 is 1.08 bits per heavy atom. The highest BCUT2D eigenvalue weighted by Gasteiger charge is 2.50. The Labute approximate surface area is 145 Å². The lowest BCUT2D eigenvalue weighted by molar-refractivity contribution is 0.118. The van der Waals surface area contributed by atoms with Crippen LogP contribution in [-0.2, 0) is 6.42 Å². The number of rotatable bonds is 0. The Morgan fingerprint density at radius 3 is 2.64 bits per heavy atom. The number of allylic oxidation sites excluding steroid dienone is 2. The van der Waals surface area contributed by atoms with Crippen molar-refractivity contribution in [1.82, 2.24) is 14.2 Å². The number of pyridine rings is 1. The maximum absolute atomic E-state index is 13.5. The normalized spacial score (nSPS) is 21.4. The van der Waals surface area contributed by atoms with Gasteiger partial charge in [0.1, 0.15) is 18.4 Å². The molecule has 4 nitrogen and oxygen atoms in total. The molecule has 0 amide bonds. The molecule has 0 saturated carbocycles. The van der Waals surface area contributed by atoms with E-state index in [9.17, 15) is 4.79 Å². The van der Waals surface area contributed by atoms with E-state index in [2.05, 4.69) is 47.0 Å². The summed E-state index contributed by atoms with van der Waals surface area (Å²) in [5.74, 6) is 0. The van der Waals surface area contributed by atoms with Crippen LogP contribution in [0.4, 0.5) is 0 Å². The van der Waals surface area contributed by atoms with Gasteiger partial charge in [0.2, 0.25) is 0 Å². The third-order valence-corrected chi connectivity index (χ3v) is 6.40. The van der Waals surface area contributed by atoms with Gasteiger partial charge in [0.15, 0.2) is 5.70 Å². The van der Waals surface area contributed by atoms with Crippen LogP contribution < -0.4 is 20.6 Å². The van der Waals surface area contributed by atoms with Crippen molar-refractivity contribution in [1.29, 1.82) is 0 Å². The predicted octanol–water partition coefficient (Wildman–Crippen LogP) is -0.104. The number of fused-ring (bicyclic) bond motifs is 4. The summed E-state index contributed by atoms with van der Waals surface area (Å²) in [6.45, 7) is 3.96. The zero-order chi connectivity index (χ0) is 16.8. The average molecular weight is 330 g/mol. The fraction of sp³-hybridized carbons (Fsp3) is 0.286. The van der Waals surface area contributed by atoms with Gasteiger partial charge in [0.25, 0.3) is 0 Å². The summed E-state index contributed by atoms with van der Waals surface area (Å²) in [5.41, 5.74) is 4.15. The molecule has 4 aliphatic rings. The van der Waals surface area contributed by atoms with E-state index in [4.69, 9.17) is 0 Å². The largest absolute Gasteiger partial charge is 0.304 e. The van der Waals surface area contributed by atoms with Crippen LogP contribution >= 0.6 is 0 Å². The van der Waals surface area contributed by atoms with Gasteiger partial charge in [-0.25, -0.2) is 0 Å². The average Bonchev–Trinajstić information content (AvgIpc) is 3.11. The van der Waals surface area contributed by atoms with E-state index in [1.807, 2.05) is 12.2 Å². The highest BCUT2D eigenvalue weighted by Crippen LogP contribution is 2.36. The number of hydrogen-bond donors (Lipinski definition) is 0.